The highest BCUT2D eigenvalue weighted by molar-refractivity contribution is 5.06. The number of aromatic nitrogens is 2. The van der Waals surface area contributed by atoms with Crippen molar-refractivity contribution in [3.63, 3.8) is 0 Å². The zero-order chi connectivity index (χ0) is 14.8. The SMILES string of the molecule is CCCC1CCC(C#N)C(n2ccc(C(F)(F)F)n2)C1. The number of nitriles is 1. The van der Waals surface area contributed by atoms with Crippen LogP contribution in [0.15, 0.2) is 12.3 Å². The molecule has 3 unspecified atom stereocenters. The first-order chi connectivity index (χ1) is 9.45. The summed E-state index contributed by atoms with van der Waals surface area (Å²) in [5.74, 6) is 0.234. The number of alkyl halides is 3. The lowest BCUT2D eigenvalue weighted by atomic mass is 9.77. The third-order valence-corrected chi connectivity index (χ3v) is 4.03. The van der Waals surface area contributed by atoms with Crippen molar-refractivity contribution in [1.82, 2.24) is 9.78 Å². The Morgan fingerprint density at radius 3 is 2.75 bits per heavy atom. The zero-order valence-corrected chi connectivity index (χ0v) is 11.4. The maximum absolute atomic E-state index is 12.6. The van der Waals surface area contributed by atoms with Crippen LogP contribution >= 0.6 is 0 Å². The lowest BCUT2D eigenvalue weighted by Crippen LogP contribution is -2.27. The van der Waals surface area contributed by atoms with E-state index < -0.39 is 11.9 Å². The summed E-state index contributed by atoms with van der Waals surface area (Å²) in [5, 5.41) is 12.8. The van der Waals surface area contributed by atoms with Crippen LogP contribution in [-0.2, 0) is 6.18 Å². The molecule has 1 heterocycles. The largest absolute Gasteiger partial charge is 0.435 e. The highest BCUT2D eigenvalue weighted by atomic mass is 19.4. The summed E-state index contributed by atoms with van der Waals surface area (Å²) in [5.41, 5.74) is -0.883. The van der Waals surface area contributed by atoms with E-state index in [0.717, 1.165) is 38.2 Å². The molecule has 0 spiro atoms. The Hall–Kier alpha value is -1.51. The molecule has 2 rings (SSSR count). The Morgan fingerprint density at radius 2 is 2.20 bits per heavy atom. The molecule has 1 aromatic rings. The second-order valence-electron chi connectivity index (χ2n) is 5.45. The van der Waals surface area contributed by atoms with Crippen molar-refractivity contribution in [3.05, 3.63) is 18.0 Å². The summed E-state index contributed by atoms with van der Waals surface area (Å²) >= 11 is 0. The van der Waals surface area contributed by atoms with Crippen molar-refractivity contribution in [2.45, 2.75) is 51.2 Å². The van der Waals surface area contributed by atoms with Gasteiger partial charge in [-0.25, -0.2) is 0 Å². The summed E-state index contributed by atoms with van der Waals surface area (Å²) < 4.78 is 39.2. The molecule has 110 valence electrons. The molecule has 6 heteroatoms. The second kappa shape index (κ2) is 5.86. The standard InChI is InChI=1S/C14H18F3N3/c1-2-3-10-4-5-11(9-18)12(8-10)20-7-6-13(19-20)14(15,16)17/h6-7,10-12H,2-5,8H2,1H3. The minimum atomic E-state index is -4.43. The zero-order valence-electron chi connectivity index (χ0n) is 11.4. The summed E-state index contributed by atoms with van der Waals surface area (Å²) in [6.07, 6.45) is 1.51. The van der Waals surface area contributed by atoms with Crippen molar-refractivity contribution < 1.29 is 13.2 Å². The second-order valence-corrected chi connectivity index (χ2v) is 5.45. The van der Waals surface area contributed by atoms with E-state index in [1.54, 1.807) is 0 Å². The van der Waals surface area contributed by atoms with E-state index in [4.69, 9.17) is 0 Å². The van der Waals surface area contributed by atoms with Crippen LogP contribution in [-0.4, -0.2) is 9.78 Å². The number of halogens is 3. The van der Waals surface area contributed by atoms with Crippen molar-refractivity contribution in [1.29, 1.82) is 5.26 Å². The summed E-state index contributed by atoms with van der Waals surface area (Å²) in [7, 11) is 0. The predicted octanol–water partition coefficient (Wildman–Crippen LogP) is 4.18. The van der Waals surface area contributed by atoms with Gasteiger partial charge in [-0.15, -0.1) is 0 Å². The average molecular weight is 285 g/mol. The molecular weight excluding hydrogens is 267 g/mol. The van der Waals surface area contributed by atoms with Gasteiger partial charge in [0.1, 0.15) is 0 Å². The molecule has 20 heavy (non-hydrogen) atoms. The van der Waals surface area contributed by atoms with E-state index in [0.29, 0.717) is 5.92 Å². The third-order valence-electron chi connectivity index (χ3n) is 4.03. The molecule has 0 aromatic carbocycles. The van der Waals surface area contributed by atoms with Crippen molar-refractivity contribution >= 4 is 0 Å². The molecule has 1 aliphatic carbocycles. The fourth-order valence-electron chi connectivity index (χ4n) is 3.02. The predicted molar refractivity (Wildman–Crippen MR) is 67.6 cm³/mol. The first kappa shape index (κ1) is 14.9. The summed E-state index contributed by atoms with van der Waals surface area (Å²) in [6.45, 7) is 2.10. The lowest BCUT2D eigenvalue weighted by molar-refractivity contribution is -0.141. The van der Waals surface area contributed by atoms with Gasteiger partial charge in [-0.05, 0) is 31.2 Å². The number of hydrogen-bond donors (Lipinski definition) is 0. The molecule has 0 aliphatic heterocycles. The summed E-state index contributed by atoms with van der Waals surface area (Å²) in [6, 6.07) is 2.97. The molecule has 1 fully saturated rings. The Labute approximate surface area is 116 Å². The first-order valence-electron chi connectivity index (χ1n) is 6.97. The van der Waals surface area contributed by atoms with Crippen LogP contribution < -0.4 is 0 Å². The quantitative estimate of drug-likeness (QED) is 0.835. The van der Waals surface area contributed by atoms with Crippen LogP contribution in [0.3, 0.4) is 0 Å². The van der Waals surface area contributed by atoms with Crippen LogP contribution in [0.25, 0.3) is 0 Å². The van der Waals surface area contributed by atoms with Gasteiger partial charge in [0, 0.05) is 6.20 Å². The Balaban J connectivity index is 2.19. The highest BCUT2D eigenvalue weighted by Gasteiger charge is 2.36. The molecule has 0 radical (unpaired) electrons. The maximum Gasteiger partial charge on any atom is 0.435 e. The number of hydrogen-bond acceptors (Lipinski definition) is 2. The Morgan fingerprint density at radius 1 is 1.45 bits per heavy atom. The normalized spacial score (nSPS) is 27.2. The van der Waals surface area contributed by atoms with Gasteiger partial charge in [-0.3, -0.25) is 4.68 Å². The minimum Gasteiger partial charge on any atom is -0.268 e. The van der Waals surface area contributed by atoms with Crippen LogP contribution in [0.1, 0.15) is 50.8 Å². The molecule has 3 atom stereocenters. The molecule has 3 nitrogen and oxygen atoms in total. The molecule has 0 N–H and O–H groups in total. The molecule has 0 amide bonds. The van der Waals surface area contributed by atoms with Gasteiger partial charge < -0.3 is 0 Å². The molecule has 1 saturated carbocycles. The number of nitrogens with zero attached hydrogens (tertiary/aromatic N) is 3. The fraction of sp³-hybridized carbons (Fsp3) is 0.714. The van der Waals surface area contributed by atoms with E-state index in [2.05, 4.69) is 18.1 Å². The van der Waals surface area contributed by atoms with Crippen molar-refractivity contribution in [3.8, 4) is 6.07 Å². The van der Waals surface area contributed by atoms with E-state index >= 15 is 0 Å². The molecule has 1 aromatic heterocycles. The van der Waals surface area contributed by atoms with Gasteiger partial charge in [0.15, 0.2) is 5.69 Å². The van der Waals surface area contributed by atoms with Gasteiger partial charge in [0.2, 0.25) is 0 Å². The Kier molecular flexibility index (Phi) is 4.36. The molecule has 0 saturated heterocycles. The van der Waals surface area contributed by atoms with E-state index in [1.807, 2.05) is 0 Å². The van der Waals surface area contributed by atoms with E-state index in [-0.39, 0.29) is 12.0 Å². The topological polar surface area (TPSA) is 41.6 Å². The molecule has 1 aliphatic rings. The average Bonchev–Trinajstić information content (AvgIpc) is 2.88. The van der Waals surface area contributed by atoms with Gasteiger partial charge >= 0.3 is 6.18 Å². The van der Waals surface area contributed by atoms with Gasteiger partial charge in [0.05, 0.1) is 18.0 Å². The summed E-state index contributed by atoms with van der Waals surface area (Å²) in [4.78, 5) is 0. The maximum atomic E-state index is 12.6. The highest BCUT2D eigenvalue weighted by Crippen LogP contribution is 2.39. The lowest BCUT2D eigenvalue weighted by Gasteiger charge is -2.32. The van der Waals surface area contributed by atoms with Crippen LogP contribution in [0, 0.1) is 23.2 Å². The van der Waals surface area contributed by atoms with Gasteiger partial charge in [0.25, 0.3) is 0 Å². The van der Waals surface area contributed by atoms with Crippen LogP contribution in [0.2, 0.25) is 0 Å². The smallest absolute Gasteiger partial charge is 0.268 e. The molecule has 0 bridgehead atoms. The van der Waals surface area contributed by atoms with Gasteiger partial charge in [-0.1, -0.05) is 19.8 Å². The van der Waals surface area contributed by atoms with E-state index in [1.165, 1.54) is 10.9 Å². The Bertz CT molecular complexity index is 487. The monoisotopic (exact) mass is 285 g/mol. The fourth-order valence-corrected chi connectivity index (χ4v) is 3.02. The van der Waals surface area contributed by atoms with Crippen LogP contribution in [0.5, 0.6) is 0 Å². The van der Waals surface area contributed by atoms with E-state index in [9.17, 15) is 18.4 Å². The van der Waals surface area contributed by atoms with Gasteiger partial charge in [-0.2, -0.15) is 23.5 Å². The third kappa shape index (κ3) is 3.14. The molecular formula is C14H18F3N3. The van der Waals surface area contributed by atoms with Crippen molar-refractivity contribution in [2.24, 2.45) is 11.8 Å². The van der Waals surface area contributed by atoms with Crippen LogP contribution in [0.4, 0.5) is 13.2 Å². The first-order valence-corrected chi connectivity index (χ1v) is 6.97. The number of rotatable bonds is 3. The minimum absolute atomic E-state index is 0.235. The van der Waals surface area contributed by atoms with Crippen molar-refractivity contribution in [2.75, 3.05) is 0 Å².